The first-order chi connectivity index (χ1) is 10.4. The van der Waals surface area contributed by atoms with Gasteiger partial charge in [0.05, 0.1) is 6.61 Å². The molecule has 1 aliphatic heterocycles. The Bertz CT molecular complexity index is 375. The fraction of sp³-hybridized carbons (Fsp3) is 0.875. The number of hydrogen-bond donors (Lipinski definition) is 2. The van der Waals surface area contributed by atoms with Crippen LogP contribution >= 0.6 is 0 Å². The predicted octanol–water partition coefficient (Wildman–Crippen LogP) is 1.35. The summed E-state index contributed by atoms with van der Waals surface area (Å²) in [6.07, 6.45) is 2.62. The van der Waals surface area contributed by atoms with Gasteiger partial charge in [-0.15, -0.1) is 0 Å². The molecule has 0 radical (unpaired) electrons. The summed E-state index contributed by atoms with van der Waals surface area (Å²) < 4.78 is 5.18. The number of hydrogen-bond acceptors (Lipinski definition) is 4. The zero-order chi connectivity index (χ0) is 16.7. The Balaban J connectivity index is 2.72. The first-order valence-corrected chi connectivity index (χ1v) is 8.11. The average Bonchev–Trinajstić information content (AvgIpc) is 2.81. The largest absolute Gasteiger partial charge is 0.480 e. The summed E-state index contributed by atoms with van der Waals surface area (Å²) in [4.78, 5) is 24.8. The van der Waals surface area contributed by atoms with E-state index in [9.17, 15) is 14.7 Å². The van der Waals surface area contributed by atoms with Crippen LogP contribution in [0.5, 0.6) is 0 Å². The van der Waals surface area contributed by atoms with Crippen LogP contribution < -0.4 is 5.32 Å². The van der Waals surface area contributed by atoms with Gasteiger partial charge in [-0.25, -0.2) is 0 Å². The van der Waals surface area contributed by atoms with Gasteiger partial charge in [-0.2, -0.15) is 0 Å². The van der Waals surface area contributed by atoms with Gasteiger partial charge in [-0.05, 0) is 31.6 Å². The number of aliphatic carboxylic acids is 1. The lowest BCUT2D eigenvalue weighted by molar-refractivity contribution is -0.142. The van der Waals surface area contributed by atoms with Gasteiger partial charge in [0.25, 0.3) is 0 Å². The highest BCUT2D eigenvalue weighted by atomic mass is 16.5. The monoisotopic (exact) mass is 314 g/mol. The van der Waals surface area contributed by atoms with Gasteiger partial charge in [-0.3, -0.25) is 14.5 Å². The maximum atomic E-state index is 11.5. The van der Waals surface area contributed by atoms with E-state index in [2.05, 4.69) is 12.2 Å². The van der Waals surface area contributed by atoms with Crippen LogP contribution in [-0.2, 0) is 14.3 Å². The Morgan fingerprint density at radius 2 is 2.14 bits per heavy atom. The van der Waals surface area contributed by atoms with E-state index in [1.165, 1.54) is 6.92 Å². The number of nitrogens with zero attached hydrogens (tertiary/aromatic N) is 1. The van der Waals surface area contributed by atoms with Gasteiger partial charge in [0.15, 0.2) is 0 Å². The lowest BCUT2D eigenvalue weighted by Crippen LogP contribution is -2.45. The number of rotatable bonds is 9. The van der Waals surface area contributed by atoms with Gasteiger partial charge in [-0.1, -0.05) is 13.3 Å². The van der Waals surface area contributed by atoms with Gasteiger partial charge in [0.1, 0.15) is 6.04 Å². The third kappa shape index (κ3) is 5.57. The van der Waals surface area contributed by atoms with Crippen molar-refractivity contribution in [2.45, 2.75) is 52.1 Å². The lowest BCUT2D eigenvalue weighted by atomic mass is 9.95. The summed E-state index contributed by atoms with van der Waals surface area (Å²) in [5.74, 6) is -0.274. The molecule has 0 aliphatic carbocycles. The summed E-state index contributed by atoms with van der Waals surface area (Å²) in [6.45, 7) is 7.67. The van der Waals surface area contributed by atoms with Crippen molar-refractivity contribution in [2.24, 2.45) is 11.8 Å². The molecule has 1 rings (SSSR count). The molecule has 0 aromatic heterocycles. The molecule has 6 nitrogen and oxygen atoms in total. The standard InChI is InChI=1S/C16H30N2O4/c1-5-6-14(11(2)17-12(3)19)9-18-8-13(10-22-4)7-15(18)16(20)21/h11,13-15H,5-10H2,1-4H3,(H,17,19)(H,20,21)/t11?,13-,14?,15-/m1/s1. The molecule has 1 fully saturated rings. The molecule has 6 heteroatoms. The lowest BCUT2D eigenvalue weighted by Gasteiger charge is -2.31. The Kier molecular flexibility index (Phi) is 7.82. The molecule has 0 aromatic carbocycles. The first-order valence-electron chi connectivity index (χ1n) is 8.11. The van der Waals surface area contributed by atoms with E-state index in [-0.39, 0.29) is 23.8 Å². The van der Waals surface area contributed by atoms with E-state index in [4.69, 9.17) is 4.74 Å². The second kappa shape index (κ2) is 9.10. The number of carbonyl (C=O) groups excluding carboxylic acids is 1. The average molecular weight is 314 g/mol. The van der Waals surface area contributed by atoms with Crippen LogP contribution in [0, 0.1) is 11.8 Å². The number of carboxylic acid groups (broad SMARTS) is 1. The van der Waals surface area contributed by atoms with Crippen LogP contribution in [0.3, 0.4) is 0 Å². The van der Waals surface area contributed by atoms with Gasteiger partial charge in [0, 0.05) is 33.2 Å². The minimum absolute atomic E-state index is 0.0398. The van der Waals surface area contributed by atoms with Crippen molar-refractivity contribution < 1.29 is 19.4 Å². The summed E-state index contributed by atoms with van der Waals surface area (Å²) in [7, 11) is 1.65. The van der Waals surface area contributed by atoms with Crippen molar-refractivity contribution in [1.82, 2.24) is 10.2 Å². The molecule has 1 heterocycles. The minimum Gasteiger partial charge on any atom is -0.480 e. The van der Waals surface area contributed by atoms with E-state index in [1.807, 2.05) is 11.8 Å². The SMILES string of the molecule is CCCC(CN1C[C@H](COC)C[C@@H]1C(=O)O)C(C)NC(C)=O. The first kappa shape index (κ1) is 18.9. The number of nitrogens with one attached hydrogen (secondary N) is 1. The summed E-state index contributed by atoms with van der Waals surface area (Å²) in [6, 6.07) is -0.391. The maximum absolute atomic E-state index is 11.5. The third-order valence-corrected chi connectivity index (χ3v) is 4.44. The van der Waals surface area contributed by atoms with Gasteiger partial charge >= 0.3 is 5.97 Å². The van der Waals surface area contributed by atoms with Crippen LogP contribution in [0.25, 0.3) is 0 Å². The second-order valence-electron chi connectivity index (χ2n) is 6.40. The second-order valence-corrected chi connectivity index (χ2v) is 6.40. The number of carboxylic acids is 1. The normalized spacial score (nSPS) is 24.9. The number of carbonyl (C=O) groups is 2. The molecule has 2 N–H and O–H groups in total. The molecule has 0 aromatic rings. The molecule has 0 saturated carbocycles. The van der Waals surface area contributed by atoms with Crippen molar-refractivity contribution >= 4 is 11.9 Å². The van der Waals surface area contributed by atoms with Crippen LogP contribution in [0.1, 0.15) is 40.0 Å². The van der Waals surface area contributed by atoms with E-state index >= 15 is 0 Å². The molecule has 0 bridgehead atoms. The highest BCUT2D eigenvalue weighted by Crippen LogP contribution is 2.26. The van der Waals surface area contributed by atoms with Crippen molar-refractivity contribution in [3.05, 3.63) is 0 Å². The molecule has 22 heavy (non-hydrogen) atoms. The van der Waals surface area contributed by atoms with Crippen LogP contribution in [0.2, 0.25) is 0 Å². The van der Waals surface area contributed by atoms with E-state index < -0.39 is 12.0 Å². The molecule has 1 amide bonds. The van der Waals surface area contributed by atoms with Crippen LogP contribution in [-0.4, -0.2) is 60.8 Å². The van der Waals surface area contributed by atoms with Crippen molar-refractivity contribution in [3.8, 4) is 0 Å². The summed E-state index contributed by atoms with van der Waals surface area (Å²) in [5.41, 5.74) is 0. The van der Waals surface area contributed by atoms with Crippen molar-refractivity contribution in [1.29, 1.82) is 0 Å². The third-order valence-electron chi connectivity index (χ3n) is 4.44. The van der Waals surface area contributed by atoms with E-state index in [1.54, 1.807) is 7.11 Å². The highest BCUT2D eigenvalue weighted by Gasteiger charge is 2.38. The highest BCUT2D eigenvalue weighted by molar-refractivity contribution is 5.74. The fourth-order valence-electron chi connectivity index (χ4n) is 3.42. The Morgan fingerprint density at radius 3 is 2.64 bits per heavy atom. The molecule has 4 atom stereocenters. The van der Waals surface area contributed by atoms with Gasteiger partial charge in [0.2, 0.25) is 5.91 Å². The smallest absolute Gasteiger partial charge is 0.320 e. The maximum Gasteiger partial charge on any atom is 0.320 e. The molecule has 128 valence electrons. The number of amides is 1. The summed E-state index contributed by atoms with van der Waals surface area (Å²) >= 11 is 0. The molecular formula is C16H30N2O4. The zero-order valence-electron chi connectivity index (χ0n) is 14.2. The van der Waals surface area contributed by atoms with Crippen LogP contribution in [0.15, 0.2) is 0 Å². The predicted molar refractivity (Wildman–Crippen MR) is 84.7 cm³/mol. The number of methoxy groups -OCH3 is 1. The molecule has 1 saturated heterocycles. The topological polar surface area (TPSA) is 78.9 Å². The molecule has 2 unspecified atom stereocenters. The zero-order valence-corrected chi connectivity index (χ0v) is 14.2. The van der Waals surface area contributed by atoms with Crippen molar-refractivity contribution in [3.63, 3.8) is 0 Å². The Morgan fingerprint density at radius 1 is 1.45 bits per heavy atom. The van der Waals surface area contributed by atoms with Crippen molar-refractivity contribution in [2.75, 3.05) is 26.8 Å². The molecule has 0 spiro atoms. The minimum atomic E-state index is -0.763. The number of likely N-dealkylation sites (tertiary alicyclic amines) is 1. The molecule has 1 aliphatic rings. The van der Waals surface area contributed by atoms with E-state index in [0.29, 0.717) is 19.6 Å². The van der Waals surface area contributed by atoms with Crippen LogP contribution in [0.4, 0.5) is 0 Å². The quantitative estimate of drug-likeness (QED) is 0.671. The Labute approximate surface area is 133 Å². The number of ether oxygens (including phenoxy) is 1. The summed E-state index contributed by atoms with van der Waals surface area (Å²) in [5, 5.41) is 12.4. The van der Waals surface area contributed by atoms with E-state index in [0.717, 1.165) is 19.4 Å². The Hall–Kier alpha value is -1.14. The van der Waals surface area contributed by atoms with Gasteiger partial charge < -0.3 is 15.2 Å². The fourth-order valence-corrected chi connectivity index (χ4v) is 3.42. The molecular weight excluding hydrogens is 284 g/mol.